The molecule has 1 aromatic rings. The molecule has 2 atom stereocenters. The van der Waals surface area contributed by atoms with Gasteiger partial charge in [-0.1, -0.05) is 6.42 Å². The molecule has 5 heteroatoms. The number of rotatable bonds is 2. The van der Waals surface area contributed by atoms with Gasteiger partial charge in [-0.3, -0.25) is 4.79 Å². The third-order valence-electron chi connectivity index (χ3n) is 5.41. The van der Waals surface area contributed by atoms with Gasteiger partial charge in [-0.05, 0) is 51.3 Å². The van der Waals surface area contributed by atoms with Crippen molar-refractivity contribution in [1.29, 1.82) is 0 Å². The number of amides is 1. The van der Waals surface area contributed by atoms with Gasteiger partial charge in [0.05, 0.1) is 0 Å². The minimum absolute atomic E-state index is 0.0800. The largest absolute Gasteiger partial charge is 0.448 e. The maximum Gasteiger partial charge on any atom is 0.251 e. The Morgan fingerprint density at radius 3 is 2.79 bits per heavy atom. The van der Waals surface area contributed by atoms with Crippen LogP contribution in [0.4, 0.5) is 5.69 Å². The lowest BCUT2D eigenvalue weighted by Crippen LogP contribution is -2.40. The Kier molecular flexibility index (Phi) is 4.12. The van der Waals surface area contributed by atoms with Crippen LogP contribution in [0.3, 0.4) is 0 Å². The van der Waals surface area contributed by atoms with Crippen LogP contribution in [0.5, 0.6) is 11.5 Å². The van der Waals surface area contributed by atoms with Crippen LogP contribution in [-0.2, 0) is 4.79 Å². The van der Waals surface area contributed by atoms with Crippen LogP contribution in [0, 0.1) is 5.92 Å². The molecule has 0 aromatic heterocycles. The van der Waals surface area contributed by atoms with Gasteiger partial charge in [0, 0.05) is 36.6 Å². The minimum Gasteiger partial charge on any atom is -0.448 e. The van der Waals surface area contributed by atoms with Crippen molar-refractivity contribution >= 4 is 11.6 Å². The monoisotopic (exact) mass is 330 g/mol. The lowest BCUT2D eigenvalue weighted by molar-refractivity contribution is -0.120. The van der Waals surface area contributed by atoms with E-state index in [0.717, 1.165) is 62.3 Å². The summed E-state index contributed by atoms with van der Waals surface area (Å²) in [6.07, 6.45) is 7.20. The number of hydrogen-bond acceptors (Lipinski definition) is 4. The lowest BCUT2D eigenvalue weighted by atomic mass is 9.92. The molecule has 5 nitrogen and oxygen atoms in total. The summed E-state index contributed by atoms with van der Waals surface area (Å²) in [6.45, 7) is 3.03. The molecule has 0 bridgehead atoms. The van der Waals surface area contributed by atoms with Crippen molar-refractivity contribution in [2.24, 2.45) is 5.92 Å². The molecule has 1 aromatic carbocycles. The van der Waals surface area contributed by atoms with Gasteiger partial charge in [0.1, 0.15) is 0 Å². The van der Waals surface area contributed by atoms with E-state index in [-0.39, 0.29) is 11.8 Å². The van der Waals surface area contributed by atoms with Crippen LogP contribution in [-0.4, -0.2) is 24.3 Å². The third-order valence-corrected chi connectivity index (χ3v) is 5.41. The fourth-order valence-electron chi connectivity index (χ4n) is 4.08. The van der Waals surface area contributed by atoms with Crippen LogP contribution in [0.1, 0.15) is 51.9 Å². The Labute approximate surface area is 143 Å². The van der Waals surface area contributed by atoms with Gasteiger partial charge in [-0.15, -0.1) is 0 Å². The Hall–Kier alpha value is -1.75. The van der Waals surface area contributed by atoms with Crippen LogP contribution in [0.25, 0.3) is 0 Å². The lowest BCUT2D eigenvalue weighted by Gasteiger charge is -2.31. The van der Waals surface area contributed by atoms with Crippen molar-refractivity contribution in [3.8, 4) is 11.5 Å². The molecule has 1 spiro atoms. The topological polar surface area (TPSA) is 59.6 Å². The molecule has 2 aliphatic heterocycles. The predicted molar refractivity (Wildman–Crippen MR) is 92.3 cm³/mol. The average Bonchev–Trinajstić information content (AvgIpc) is 2.92. The summed E-state index contributed by atoms with van der Waals surface area (Å²) in [7, 11) is 0. The van der Waals surface area contributed by atoms with Crippen molar-refractivity contribution in [3.05, 3.63) is 18.2 Å². The predicted octanol–water partition coefficient (Wildman–Crippen LogP) is 3.44. The van der Waals surface area contributed by atoms with Crippen LogP contribution in [0.2, 0.25) is 0 Å². The van der Waals surface area contributed by atoms with Crippen LogP contribution >= 0.6 is 0 Å². The molecule has 1 amide bonds. The van der Waals surface area contributed by atoms with Crippen molar-refractivity contribution in [2.45, 2.75) is 63.7 Å². The van der Waals surface area contributed by atoms with Gasteiger partial charge in [-0.2, -0.15) is 0 Å². The first-order valence-electron chi connectivity index (χ1n) is 9.20. The number of fused-ring (bicyclic) bond motifs is 1. The molecule has 3 aliphatic rings. The molecule has 2 N–H and O–H groups in total. The molecular weight excluding hydrogens is 304 g/mol. The molecule has 2 heterocycles. The van der Waals surface area contributed by atoms with E-state index < -0.39 is 5.79 Å². The maximum absolute atomic E-state index is 12.5. The van der Waals surface area contributed by atoms with E-state index in [4.69, 9.17) is 9.47 Å². The number of piperidine rings is 1. The minimum atomic E-state index is -0.465. The highest BCUT2D eigenvalue weighted by atomic mass is 16.7. The van der Waals surface area contributed by atoms with E-state index in [1.807, 2.05) is 18.2 Å². The molecule has 0 unspecified atom stereocenters. The van der Waals surface area contributed by atoms with Crippen molar-refractivity contribution in [3.63, 3.8) is 0 Å². The molecule has 2 fully saturated rings. The zero-order valence-corrected chi connectivity index (χ0v) is 14.3. The number of nitrogens with one attached hydrogen (secondary N) is 2. The normalized spacial score (nSPS) is 27.9. The molecule has 0 radical (unpaired) electrons. The van der Waals surface area contributed by atoms with E-state index in [1.54, 1.807) is 0 Å². The van der Waals surface area contributed by atoms with Gasteiger partial charge in [0.25, 0.3) is 5.79 Å². The van der Waals surface area contributed by atoms with E-state index >= 15 is 0 Å². The summed E-state index contributed by atoms with van der Waals surface area (Å²) in [4.78, 5) is 12.5. The average molecular weight is 330 g/mol. The SMILES string of the molecule is C[C@H]1C[C@@H](C(=O)Nc2ccc3c(c2)OC2(CCCCC2)O3)CCN1. The van der Waals surface area contributed by atoms with Gasteiger partial charge in [0.15, 0.2) is 11.5 Å². The van der Waals surface area contributed by atoms with Gasteiger partial charge < -0.3 is 20.1 Å². The van der Waals surface area contributed by atoms with Gasteiger partial charge >= 0.3 is 0 Å². The third kappa shape index (κ3) is 3.09. The second-order valence-corrected chi connectivity index (χ2v) is 7.40. The van der Waals surface area contributed by atoms with Crippen molar-refractivity contribution in [1.82, 2.24) is 5.32 Å². The van der Waals surface area contributed by atoms with Crippen LogP contribution in [0.15, 0.2) is 18.2 Å². The molecule has 1 saturated heterocycles. The standard InChI is InChI=1S/C19H26N2O3/c1-13-11-14(7-10-20-13)18(22)21-15-5-6-16-17(12-15)24-19(23-16)8-3-2-4-9-19/h5-6,12-14,20H,2-4,7-11H2,1H3,(H,21,22)/t13-,14-/m0/s1. The van der Waals surface area contributed by atoms with Crippen molar-refractivity contribution in [2.75, 3.05) is 11.9 Å². The summed E-state index contributed by atoms with van der Waals surface area (Å²) in [5, 5.41) is 6.43. The highest BCUT2D eigenvalue weighted by molar-refractivity contribution is 5.93. The highest BCUT2D eigenvalue weighted by Gasteiger charge is 2.42. The molecule has 130 valence electrons. The number of benzene rings is 1. The Bertz CT molecular complexity index is 625. The number of carbonyl (C=O) groups excluding carboxylic acids is 1. The second kappa shape index (κ2) is 6.28. The molecule has 1 aliphatic carbocycles. The first kappa shape index (κ1) is 15.8. The quantitative estimate of drug-likeness (QED) is 0.872. The Morgan fingerprint density at radius 2 is 2.00 bits per heavy atom. The fraction of sp³-hybridized carbons (Fsp3) is 0.632. The number of anilines is 1. The summed E-state index contributed by atoms with van der Waals surface area (Å²) >= 11 is 0. The van der Waals surface area contributed by atoms with E-state index in [0.29, 0.717) is 6.04 Å². The molecule has 1 saturated carbocycles. The Morgan fingerprint density at radius 1 is 1.21 bits per heavy atom. The first-order chi connectivity index (χ1) is 11.6. The molecule has 24 heavy (non-hydrogen) atoms. The summed E-state index contributed by atoms with van der Waals surface area (Å²) in [5.74, 6) is 1.28. The summed E-state index contributed by atoms with van der Waals surface area (Å²) in [6, 6.07) is 6.13. The summed E-state index contributed by atoms with van der Waals surface area (Å²) in [5.41, 5.74) is 0.793. The zero-order valence-electron chi connectivity index (χ0n) is 14.3. The van der Waals surface area contributed by atoms with E-state index in [2.05, 4.69) is 17.6 Å². The first-order valence-corrected chi connectivity index (χ1v) is 9.20. The zero-order chi connectivity index (χ0) is 16.6. The smallest absolute Gasteiger partial charge is 0.251 e. The van der Waals surface area contributed by atoms with Gasteiger partial charge in [-0.25, -0.2) is 0 Å². The highest BCUT2D eigenvalue weighted by Crippen LogP contribution is 2.46. The van der Waals surface area contributed by atoms with E-state index in [1.165, 1.54) is 6.42 Å². The molecule has 4 rings (SSSR count). The van der Waals surface area contributed by atoms with Crippen molar-refractivity contribution < 1.29 is 14.3 Å². The van der Waals surface area contributed by atoms with E-state index in [9.17, 15) is 4.79 Å². The number of ether oxygens (including phenoxy) is 2. The fourth-order valence-corrected chi connectivity index (χ4v) is 4.08. The second-order valence-electron chi connectivity index (χ2n) is 7.40. The van der Waals surface area contributed by atoms with Gasteiger partial charge in [0.2, 0.25) is 5.91 Å². The molecular formula is C19H26N2O3. The van der Waals surface area contributed by atoms with Crippen LogP contribution < -0.4 is 20.1 Å². The Balaban J connectivity index is 1.43. The summed E-state index contributed by atoms with van der Waals surface area (Å²) < 4.78 is 12.2. The maximum atomic E-state index is 12.5. The number of carbonyl (C=O) groups is 1. The number of hydrogen-bond donors (Lipinski definition) is 2.